The Balaban J connectivity index is 2.30. The zero-order valence-electron chi connectivity index (χ0n) is 11.2. The number of carbonyl (C=O) groups is 1. The number of carbonyl (C=O) groups excluding carboxylic acids is 1. The third-order valence-corrected chi connectivity index (χ3v) is 3.06. The number of ether oxygens (including phenoxy) is 2. The van der Waals surface area contributed by atoms with Crippen LogP contribution in [0.5, 0.6) is 0 Å². The van der Waals surface area contributed by atoms with Gasteiger partial charge in [0.05, 0.1) is 18.2 Å². The van der Waals surface area contributed by atoms with E-state index in [2.05, 4.69) is 10.6 Å². The van der Waals surface area contributed by atoms with Gasteiger partial charge in [0, 0.05) is 26.9 Å². The van der Waals surface area contributed by atoms with Crippen molar-refractivity contribution in [3.63, 3.8) is 0 Å². The Kier molecular flexibility index (Phi) is 6.38. The molecule has 1 heterocycles. The van der Waals surface area contributed by atoms with Gasteiger partial charge in [-0.15, -0.1) is 0 Å². The lowest BCUT2D eigenvalue weighted by molar-refractivity contribution is 0.0975. The summed E-state index contributed by atoms with van der Waals surface area (Å²) in [7, 11) is 1.57. The zero-order chi connectivity index (χ0) is 13.4. The zero-order valence-corrected chi connectivity index (χ0v) is 11.2. The molecular formula is C12H24N2O4. The summed E-state index contributed by atoms with van der Waals surface area (Å²) < 4.78 is 10.5. The van der Waals surface area contributed by atoms with E-state index >= 15 is 0 Å². The first-order valence-corrected chi connectivity index (χ1v) is 6.37. The van der Waals surface area contributed by atoms with Crippen molar-refractivity contribution in [3.8, 4) is 0 Å². The van der Waals surface area contributed by atoms with Gasteiger partial charge in [-0.05, 0) is 26.2 Å². The van der Waals surface area contributed by atoms with Gasteiger partial charge >= 0.3 is 6.03 Å². The van der Waals surface area contributed by atoms with Crippen molar-refractivity contribution >= 4 is 6.03 Å². The fourth-order valence-electron chi connectivity index (χ4n) is 2.07. The molecule has 0 aromatic rings. The number of aliphatic hydroxyl groups excluding tert-OH is 1. The van der Waals surface area contributed by atoms with Crippen LogP contribution in [0.3, 0.4) is 0 Å². The van der Waals surface area contributed by atoms with Gasteiger partial charge in [0.1, 0.15) is 0 Å². The maximum absolute atomic E-state index is 11.8. The lowest BCUT2D eigenvalue weighted by Gasteiger charge is -2.29. The van der Waals surface area contributed by atoms with Gasteiger partial charge < -0.3 is 25.2 Å². The highest BCUT2D eigenvalue weighted by molar-refractivity contribution is 5.74. The molecule has 2 amide bonds. The van der Waals surface area contributed by atoms with Gasteiger partial charge in [-0.25, -0.2) is 4.79 Å². The minimum Gasteiger partial charge on any atom is -0.396 e. The Morgan fingerprint density at radius 1 is 1.61 bits per heavy atom. The standard InChI is InChI=1S/C12H24N2O4/c1-12(5-6-15,9-17-2)14-11(16)13-8-10-4-3-7-18-10/h10,15H,3-9H2,1-2H3,(H2,13,14,16)/t10-,12-/m0/s1. The van der Waals surface area contributed by atoms with Crippen LogP contribution < -0.4 is 10.6 Å². The molecule has 0 bridgehead atoms. The summed E-state index contributed by atoms with van der Waals surface area (Å²) in [4.78, 5) is 11.8. The second-order valence-electron chi connectivity index (χ2n) is 4.94. The molecule has 1 fully saturated rings. The maximum Gasteiger partial charge on any atom is 0.315 e. The molecule has 6 nitrogen and oxygen atoms in total. The minimum absolute atomic E-state index is 0.00583. The summed E-state index contributed by atoms with van der Waals surface area (Å²) in [6.07, 6.45) is 2.63. The van der Waals surface area contributed by atoms with E-state index in [0.29, 0.717) is 19.6 Å². The summed E-state index contributed by atoms with van der Waals surface area (Å²) in [6, 6.07) is -0.251. The molecule has 1 saturated heterocycles. The normalized spacial score (nSPS) is 22.5. The quantitative estimate of drug-likeness (QED) is 0.613. The minimum atomic E-state index is -0.551. The van der Waals surface area contributed by atoms with Crippen LogP contribution in [0.2, 0.25) is 0 Å². The van der Waals surface area contributed by atoms with E-state index in [1.54, 1.807) is 7.11 Å². The van der Waals surface area contributed by atoms with E-state index in [4.69, 9.17) is 14.6 Å². The Morgan fingerprint density at radius 2 is 2.39 bits per heavy atom. The van der Waals surface area contributed by atoms with Gasteiger partial charge in [0.25, 0.3) is 0 Å². The highest BCUT2D eigenvalue weighted by atomic mass is 16.5. The molecule has 0 aromatic heterocycles. The van der Waals surface area contributed by atoms with Crippen LogP contribution in [0.4, 0.5) is 4.79 Å². The van der Waals surface area contributed by atoms with Crippen LogP contribution in [-0.4, -0.2) is 56.3 Å². The summed E-state index contributed by atoms with van der Waals surface area (Å²) >= 11 is 0. The SMILES string of the molecule is COC[C@](C)(CCO)NC(=O)NC[C@@H]1CCCO1. The van der Waals surface area contributed by atoms with Gasteiger partial charge in [-0.1, -0.05) is 0 Å². The predicted molar refractivity (Wildman–Crippen MR) is 67.5 cm³/mol. The van der Waals surface area contributed by atoms with E-state index in [0.717, 1.165) is 19.4 Å². The van der Waals surface area contributed by atoms with Crippen molar-refractivity contribution in [3.05, 3.63) is 0 Å². The van der Waals surface area contributed by atoms with E-state index in [1.807, 2.05) is 6.92 Å². The van der Waals surface area contributed by atoms with E-state index in [1.165, 1.54) is 0 Å². The molecule has 1 rings (SSSR count). The molecule has 1 aliphatic heterocycles. The number of amides is 2. The first-order chi connectivity index (χ1) is 8.59. The van der Waals surface area contributed by atoms with E-state index in [-0.39, 0.29) is 18.7 Å². The molecule has 0 saturated carbocycles. The third-order valence-electron chi connectivity index (χ3n) is 3.06. The summed E-state index contributed by atoms with van der Waals surface area (Å²) in [5.74, 6) is 0. The molecule has 0 spiro atoms. The van der Waals surface area contributed by atoms with Crippen LogP contribution in [0, 0.1) is 0 Å². The molecule has 6 heteroatoms. The largest absolute Gasteiger partial charge is 0.396 e. The molecule has 0 unspecified atom stereocenters. The van der Waals surface area contributed by atoms with Crippen LogP contribution in [0.15, 0.2) is 0 Å². The molecule has 0 aliphatic carbocycles. The molecule has 18 heavy (non-hydrogen) atoms. The summed E-state index contributed by atoms with van der Waals surface area (Å²) in [6.45, 7) is 3.51. The second kappa shape index (κ2) is 7.56. The average Bonchev–Trinajstić information content (AvgIpc) is 2.79. The summed E-state index contributed by atoms with van der Waals surface area (Å²) in [5, 5.41) is 14.6. The Labute approximate surface area is 108 Å². The number of methoxy groups -OCH3 is 1. The van der Waals surface area contributed by atoms with Crippen molar-refractivity contribution in [2.24, 2.45) is 0 Å². The molecule has 3 N–H and O–H groups in total. The average molecular weight is 260 g/mol. The predicted octanol–water partition coefficient (Wildman–Crippen LogP) is 0.252. The van der Waals surface area contributed by atoms with Crippen LogP contribution >= 0.6 is 0 Å². The number of urea groups is 1. The van der Waals surface area contributed by atoms with Crippen molar-refractivity contribution < 1.29 is 19.4 Å². The fourth-order valence-corrected chi connectivity index (χ4v) is 2.07. The lowest BCUT2D eigenvalue weighted by atomic mass is 10.00. The fraction of sp³-hybridized carbons (Fsp3) is 0.917. The first-order valence-electron chi connectivity index (χ1n) is 6.37. The molecular weight excluding hydrogens is 236 g/mol. The van der Waals surface area contributed by atoms with Gasteiger partial charge in [-0.2, -0.15) is 0 Å². The third kappa shape index (κ3) is 5.20. The highest BCUT2D eigenvalue weighted by Crippen LogP contribution is 2.11. The number of aliphatic hydroxyl groups is 1. The van der Waals surface area contributed by atoms with Crippen molar-refractivity contribution in [1.82, 2.24) is 10.6 Å². The van der Waals surface area contributed by atoms with Gasteiger partial charge in [0.15, 0.2) is 0 Å². The Morgan fingerprint density at radius 3 is 2.94 bits per heavy atom. The van der Waals surface area contributed by atoms with E-state index in [9.17, 15) is 4.79 Å². The van der Waals surface area contributed by atoms with Crippen LogP contribution in [0.25, 0.3) is 0 Å². The van der Waals surface area contributed by atoms with Crippen LogP contribution in [0.1, 0.15) is 26.2 Å². The Hall–Kier alpha value is -0.850. The number of rotatable bonds is 7. The van der Waals surface area contributed by atoms with Gasteiger partial charge in [0.2, 0.25) is 0 Å². The van der Waals surface area contributed by atoms with Crippen molar-refractivity contribution in [2.45, 2.75) is 37.8 Å². The molecule has 106 valence electrons. The highest BCUT2D eigenvalue weighted by Gasteiger charge is 2.26. The van der Waals surface area contributed by atoms with Gasteiger partial charge in [-0.3, -0.25) is 0 Å². The van der Waals surface area contributed by atoms with E-state index < -0.39 is 5.54 Å². The maximum atomic E-state index is 11.8. The molecule has 0 aromatic carbocycles. The lowest BCUT2D eigenvalue weighted by Crippen LogP contribution is -2.54. The topological polar surface area (TPSA) is 79.8 Å². The summed E-state index contributed by atoms with van der Waals surface area (Å²) in [5.41, 5.74) is -0.551. The van der Waals surface area contributed by atoms with Crippen molar-refractivity contribution in [1.29, 1.82) is 0 Å². The number of hydrogen-bond acceptors (Lipinski definition) is 4. The number of hydrogen-bond donors (Lipinski definition) is 3. The smallest absolute Gasteiger partial charge is 0.315 e. The molecule has 2 atom stereocenters. The first kappa shape index (κ1) is 15.2. The molecule has 0 radical (unpaired) electrons. The Bertz CT molecular complexity index is 248. The molecule has 1 aliphatic rings. The van der Waals surface area contributed by atoms with Crippen molar-refractivity contribution in [2.75, 3.05) is 33.5 Å². The second-order valence-corrected chi connectivity index (χ2v) is 4.94. The number of nitrogens with one attached hydrogen (secondary N) is 2. The monoisotopic (exact) mass is 260 g/mol. The van der Waals surface area contributed by atoms with Crippen LogP contribution in [-0.2, 0) is 9.47 Å².